The summed E-state index contributed by atoms with van der Waals surface area (Å²) in [5.74, 6) is -14.1. The van der Waals surface area contributed by atoms with Crippen LogP contribution in [-0.4, -0.2) is 372 Å². The predicted molar refractivity (Wildman–Crippen MR) is 268 cm³/mol. The summed E-state index contributed by atoms with van der Waals surface area (Å²) in [4.78, 5) is 64.2. The molecule has 24 N–H and O–H groups in total. The van der Waals surface area contributed by atoms with Crippen LogP contribution in [0.2, 0.25) is 0 Å². The first kappa shape index (κ1) is 73.2. The van der Waals surface area contributed by atoms with Gasteiger partial charge in [-0.15, -0.1) is 0 Å². The molecule has 0 saturated carbocycles. The summed E-state index contributed by atoms with van der Waals surface area (Å²) in [6.45, 7) is -4.36. The number of carbonyl (C=O) groups is 5. The van der Waals surface area contributed by atoms with Crippen molar-refractivity contribution in [1.82, 2.24) is 16.0 Å². The molecule has 6 aliphatic rings. The van der Waals surface area contributed by atoms with E-state index < -0.39 is 277 Å². The highest BCUT2D eigenvalue weighted by Crippen LogP contribution is 2.41. The minimum atomic E-state index is -3.50. The SMILES string of the molecule is CC(=O)N[C@H]1[C@H](O[C@@H]2[C@H](O)[C@@H](O)[C@H](O[C@H]3[C@H](O)[C@@H](O)C(O)O[C@@H]3CO)O[C@@H]2CO)O[C@H](CO)[C@H](O)[C@@H]1O[C@@H]1O[C@H](CO)[C@H](O)[C@H](O[C@]2(C(=O)O)C[C@H](O)[C@@H](NC(C)=O)[C@H]([C@H](O)[C@@H](CO)O[C@]3(C(=O)O)C[C@H](O)[C@@H](NC(C)=O)[C@H]([C@H](O)[C@H](O)CO)O3)O2)[C@H]1O. The molecule has 0 radical (unpaired) electrons. The third-order valence-corrected chi connectivity index (χ3v) is 15.6. The second-order valence-electron chi connectivity index (χ2n) is 21.8. The Morgan fingerprint density at radius 1 is 0.466 bits per heavy atom. The van der Waals surface area contributed by atoms with Gasteiger partial charge >= 0.3 is 11.9 Å². The van der Waals surface area contributed by atoms with E-state index in [0.29, 0.717) is 0 Å². The fourth-order valence-electron chi connectivity index (χ4n) is 11.1. The number of nitrogens with one attached hydrogen (secondary N) is 3. The van der Waals surface area contributed by atoms with E-state index in [1.807, 2.05) is 0 Å². The number of aliphatic hydroxyl groups excluding tert-OH is 19. The van der Waals surface area contributed by atoms with Crippen LogP contribution in [0.5, 0.6) is 0 Å². The highest BCUT2D eigenvalue weighted by atomic mass is 16.8. The van der Waals surface area contributed by atoms with E-state index in [0.717, 1.165) is 20.8 Å². The van der Waals surface area contributed by atoms with E-state index in [9.17, 15) is 131 Å². The molecule has 1 unspecified atom stereocenters. The van der Waals surface area contributed by atoms with Gasteiger partial charge in [-0.3, -0.25) is 14.4 Å². The number of carbonyl (C=O) groups excluding carboxylic acids is 3. The van der Waals surface area contributed by atoms with Gasteiger partial charge in [0.15, 0.2) is 25.2 Å². The molecule has 0 spiro atoms. The number of rotatable bonds is 25. The molecule has 6 aliphatic heterocycles. The van der Waals surface area contributed by atoms with Crippen molar-refractivity contribution < 1.29 is 183 Å². The number of ether oxygens (including phenoxy) is 11. The summed E-state index contributed by atoms with van der Waals surface area (Å²) in [6, 6.07) is -5.67. The number of aliphatic carboxylic acids is 2. The molecule has 40 nitrogen and oxygen atoms in total. The van der Waals surface area contributed by atoms with Gasteiger partial charge in [0.25, 0.3) is 11.6 Å². The number of amides is 3. The van der Waals surface area contributed by atoms with E-state index in [4.69, 9.17) is 52.1 Å². The maximum Gasteiger partial charge on any atom is 0.364 e. The molecule has 88 heavy (non-hydrogen) atoms. The van der Waals surface area contributed by atoms with Crippen LogP contribution in [0.3, 0.4) is 0 Å². The Balaban J connectivity index is 1.29. The predicted octanol–water partition coefficient (Wildman–Crippen LogP) is -15.3. The molecule has 6 fully saturated rings. The Hall–Kier alpha value is -3.85. The van der Waals surface area contributed by atoms with Crippen molar-refractivity contribution in [2.75, 3.05) is 39.6 Å². The van der Waals surface area contributed by atoms with Crippen molar-refractivity contribution in [3.8, 4) is 0 Å². The van der Waals surface area contributed by atoms with Crippen molar-refractivity contribution >= 4 is 29.7 Å². The van der Waals surface area contributed by atoms with Gasteiger partial charge in [0.2, 0.25) is 17.7 Å². The number of hydrogen-bond donors (Lipinski definition) is 24. The molecule has 0 bridgehead atoms. The van der Waals surface area contributed by atoms with Gasteiger partial charge in [0, 0.05) is 33.6 Å². The Morgan fingerprint density at radius 3 is 1.36 bits per heavy atom. The topological polar surface area (TPSA) is 648 Å². The molecular weight excluding hydrogens is 1210 g/mol. The minimum Gasteiger partial charge on any atom is -0.477 e. The fourth-order valence-corrected chi connectivity index (χ4v) is 11.1. The standard InChI is InChI=1S/C48H79N3O37/c1-12(58)49-23-15(61)4-47(45(74)75,86-38(23)26(64)17(63)6-52)85-20(9-55)29(67)39-24(50-13(2)59)16(62)5-48(87-39,46(76)77)88-40-28(66)19(8-54)80-44(34(40)72)84-37-25(51-14(3)60)42(79-18(7-53)27(37)65)82-36-22(11-57)81-43(33(71)31(36)69)83-35-21(10-56)78-41(73)32(70)30(35)68/h15-44,52-57,61-73H,4-11H2,1-3H3,(H,49,58)(H,50,59)(H,51,60)(H,74,75)(H,76,77)/t15-,16-,17+,18+,19+,20+,21+,22+,23+,24+,25+,26+,27-,28-,29+,30+,31+,32+,33+,34+,35+,36-,37+,38+,39+,40-,41?,42-,43-,44-,47+,48-/m0/s1. The van der Waals surface area contributed by atoms with E-state index in [-0.39, 0.29) is 0 Å². The lowest BCUT2D eigenvalue weighted by molar-refractivity contribution is -0.389. The molecule has 6 rings (SSSR count). The largest absolute Gasteiger partial charge is 0.477 e. The average Bonchev–Trinajstić information content (AvgIpc) is 1.26. The summed E-state index contributed by atoms with van der Waals surface area (Å²) in [5.41, 5.74) is 0. The monoisotopic (exact) mass is 1290 g/mol. The van der Waals surface area contributed by atoms with Crippen molar-refractivity contribution in [2.24, 2.45) is 0 Å². The molecule has 3 amide bonds. The third kappa shape index (κ3) is 15.6. The summed E-state index contributed by atoms with van der Waals surface area (Å²) in [7, 11) is 0. The van der Waals surface area contributed by atoms with Gasteiger partial charge in [0.05, 0.1) is 63.9 Å². The molecule has 0 aromatic rings. The van der Waals surface area contributed by atoms with E-state index >= 15 is 0 Å². The number of hydrogen-bond acceptors (Lipinski definition) is 35. The molecule has 0 aromatic carbocycles. The molecule has 508 valence electrons. The van der Waals surface area contributed by atoms with Crippen molar-refractivity contribution in [2.45, 2.75) is 229 Å². The molecule has 0 aliphatic carbocycles. The number of carboxylic acids is 2. The van der Waals surface area contributed by atoms with Crippen LogP contribution in [0.15, 0.2) is 0 Å². The van der Waals surface area contributed by atoms with Crippen LogP contribution in [0.25, 0.3) is 0 Å². The van der Waals surface area contributed by atoms with Crippen LogP contribution in [0, 0.1) is 0 Å². The molecule has 6 heterocycles. The van der Waals surface area contributed by atoms with Gasteiger partial charge in [-0.05, 0) is 0 Å². The summed E-state index contributed by atoms with van der Waals surface area (Å²) >= 11 is 0. The zero-order chi connectivity index (χ0) is 65.8. The lowest BCUT2D eigenvalue weighted by Gasteiger charge is -2.52. The normalized spacial score (nSPS) is 44.6. The second kappa shape index (κ2) is 30.7. The molecule has 40 heteroatoms. The van der Waals surface area contributed by atoms with Gasteiger partial charge in [-0.25, -0.2) is 9.59 Å². The number of carboxylic acid groups (broad SMARTS) is 2. The van der Waals surface area contributed by atoms with E-state index in [1.165, 1.54) is 0 Å². The summed E-state index contributed by atoms with van der Waals surface area (Å²) in [6.07, 6.45) is -60.8. The van der Waals surface area contributed by atoms with E-state index in [1.54, 1.807) is 0 Å². The lowest BCUT2D eigenvalue weighted by atomic mass is 9.87. The van der Waals surface area contributed by atoms with Gasteiger partial charge in [-0.1, -0.05) is 0 Å². The Kier molecular flexibility index (Phi) is 25.6. The van der Waals surface area contributed by atoms with Crippen molar-refractivity contribution in [3.63, 3.8) is 0 Å². The molecular formula is C48H79N3O37. The Labute approximate surface area is 496 Å². The zero-order valence-corrected chi connectivity index (χ0v) is 46.9. The molecule has 0 aromatic heterocycles. The van der Waals surface area contributed by atoms with Crippen molar-refractivity contribution in [3.05, 3.63) is 0 Å². The summed E-state index contributed by atoms with van der Waals surface area (Å²) < 4.78 is 62.4. The first-order valence-corrected chi connectivity index (χ1v) is 27.4. The van der Waals surface area contributed by atoms with Crippen LogP contribution in [-0.2, 0) is 76.1 Å². The highest BCUT2D eigenvalue weighted by molar-refractivity contribution is 5.77. The third-order valence-electron chi connectivity index (χ3n) is 15.6. The van der Waals surface area contributed by atoms with Crippen LogP contribution in [0.4, 0.5) is 0 Å². The summed E-state index contributed by atoms with van der Waals surface area (Å²) in [5, 5.41) is 234. The van der Waals surface area contributed by atoms with Crippen LogP contribution < -0.4 is 16.0 Å². The van der Waals surface area contributed by atoms with Crippen LogP contribution in [0.1, 0.15) is 33.6 Å². The first-order valence-electron chi connectivity index (χ1n) is 27.4. The smallest absolute Gasteiger partial charge is 0.364 e. The quantitative estimate of drug-likeness (QED) is 0.0404. The average molecular weight is 1290 g/mol. The van der Waals surface area contributed by atoms with Crippen LogP contribution >= 0.6 is 0 Å². The molecule has 32 atom stereocenters. The second-order valence-corrected chi connectivity index (χ2v) is 21.8. The highest BCUT2D eigenvalue weighted by Gasteiger charge is 2.63. The van der Waals surface area contributed by atoms with E-state index in [2.05, 4.69) is 16.0 Å². The maximum absolute atomic E-state index is 13.6. The lowest BCUT2D eigenvalue weighted by Crippen LogP contribution is -2.72. The minimum absolute atomic E-state index is 0.876. The Morgan fingerprint density at radius 2 is 0.875 bits per heavy atom. The zero-order valence-electron chi connectivity index (χ0n) is 46.9. The number of aliphatic hydroxyl groups is 19. The van der Waals surface area contributed by atoms with Gasteiger partial charge in [-0.2, -0.15) is 0 Å². The first-order chi connectivity index (χ1) is 41.3. The maximum atomic E-state index is 13.6. The van der Waals surface area contributed by atoms with Gasteiger partial charge < -0.3 is 175 Å². The Bertz CT molecular complexity index is 2320. The fraction of sp³-hybridized carbons (Fsp3) is 0.896. The molecule has 6 saturated heterocycles. The van der Waals surface area contributed by atoms with Crippen molar-refractivity contribution in [1.29, 1.82) is 0 Å². The van der Waals surface area contributed by atoms with Gasteiger partial charge in [0.1, 0.15) is 134 Å².